The fourth-order valence-electron chi connectivity index (χ4n) is 4.00. The molecule has 1 aliphatic heterocycles. The topological polar surface area (TPSA) is 68.1 Å². The molecule has 0 spiro atoms. The van der Waals surface area contributed by atoms with Crippen LogP contribution in [0.2, 0.25) is 0 Å². The van der Waals surface area contributed by atoms with Gasteiger partial charge in [0.05, 0.1) is 30.2 Å². The van der Waals surface area contributed by atoms with Crippen LogP contribution in [-0.4, -0.2) is 26.1 Å². The van der Waals surface area contributed by atoms with Crippen molar-refractivity contribution in [1.82, 2.24) is 19.5 Å². The van der Waals surface area contributed by atoms with Gasteiger partial charge in [0.2, 0.25) is 0 Å². The van der Waals surface area contributed by atoms with Crippen molar-refractivity contribution in [3.8, 4) is 5.69 Å². The molecule has 1 N–H and O–H groups in total. The van der Waals surface area contributed by atoms with E-state index in [1.807, 2.05) is 0 Å². The van der Waals surface area contributed by atoms with Gasteiger partial charge in [-0.3, -0.25) is 4.84 Å². The van der Waals surface area contributed by atoms with Crippen molar-refractivity contribution in [2.75, 3.05) is 17.0 Å². The zero-order valence-corrected chi connectivity index (χ0v) is 18.8. The second kappa shape index (κ2) is 9.19. The Bertz CT molecular complexity index is 1410. The SMILES string of the molecule is Cc1cn(-c2cc(Nc3cc(N4OCC[C@@H]4c4cccc(F)c4F)ncn3)cc(C(F)(F)F)c2)cn1. The maximum atomic E-state index is 14.4. The van der Waals surface area contributed by atoms with E-state index in [9.17, 15) is 22.0 Å². The van der Waals surface area contributed by atoms with Crippen molar-refractivity contribution < 1.29 is 26.8 Å². The Morgan fingerprint density at radius 1 is 1.06 bits per heavy atom. The molecule has 1 fully saturated rings. The maximum Gasteiger partial charge on any atom is 0.416 e. The molecule has 0 unspecified atom stereocenters. The van der Waals surface area contributed by atoms with E-state index in [4.69, 9.17) is 4.84 Å². The number of benzene rings is 2. The van der Waals surface area contributed by atoms with Crippen molar-refractivity contribution in [2.24, 2.45) is 0 Å². The van der Waals surface area contributed by atoms with Gasteiger partial charge in [-0.1, -0.05) is 12.1 Å². The van der Waals surface area contributed by atoms with Crippen LogP contribution in [0.5, 0.6) is 0 Å². The molecule has 0 amide bonds. The van der Waals surface area contributed by atoms with Crippen LogP contribution in [0.25, 0.3) is 5.69 Å². The predicted molar refractivity (Wildman–Crippen MR) is 121 cm³/mol. The highest BCUT2D eigenvalue weighted by molar-refractivity contribution is 5.63. The van der Waals surface area contributed by atoms with Crippen LogP contribution in [0.4, 0.5) is 39.3 Å². The van der Waals surface area contributed by atoms with Gasteiger partial charge in [-0.2, -0.15) is 13.2 Å². The van der Waals surface area contributed by atoms with Crippen LogP contribution in [0.3, 0.4) is 0 Å². The first kappa shape index (κ1) is 23.7. The van der Waals surface area contributed by atoms with Gasteiger partial charge >= 0.3 is 6.18 Å². The first-order valence-electron chi connectivity index (χ1n) is 10.9. The molecule has 4 aromatic rings. The largest absolute Gasteiger partial charge is 0.416 e. The van der Waals surface area contributed by atoms with Gasteiger partial charge in [0.1, 0.15) is 12.1 Å². The average molecular weight is 502 g/mol. The van der Waals surface area contributed by atoms with Crippen molar-refractivity contribution in [3.63, 3.8) is 0 Å². The summed E-state index contributed by atoms with van der Waals surface area (Å²) < 4.78 is 70.4. The lowest BCUT2D eigenvalue weighted by atomic mass is 10.0. The highest BCUT2D eigenvalue weighted by Gasteiger charge is 2.33. The number of nitrogens with zero attached hydrogens (tertiary/aromatic N) is 5. The third-order valence-electron chi connectivity index (χ3n) is 5.65. The molecular formula is C24H19F5N6O. The molecule has 0 aliphatic carbocycles. The summed E-state index contributed by atoms with van der Waals surface area (Å²) in [4.78, 5) is 17.9. The van der Waals surface area contributed by atoms with E-state index in [-0.39, 0.29) is 35.2 Å². The molecule has 0 bridgehead atoms. The van der Waals surface area contributed by atoms with E-state index < -0.39 is 29.4 Å². The number of rotatable bonds is 5. The van der Waals surface area contributed by atoms with E-state index in [1.54, 1.807) is 13.1 Å². The fourth-order valence-corrected chi connectivity index (χ4v) is 4.00. The lowest BCUT2D eigenvalue weighted by molar-refractivity contribution is -0.137. The van der Waals surface area contributed by atoms with Gasteiger partial charge in [-0.25, -0.2) is 28.8 Å². The number of imidazole rings is 1. The Hall–Kier alpha value is -4.06. The number of alkyl halides is 3. The summed E-state index contributed by atoms with van der Waals surface area (Å²) in [6.45, 7) is 1.98. The van der Waals surface area contributed by atoms with Crippen molar-refractivity contribution in [3.05, 3.63) is 89.8 Å². The molecule has 36 heavy (non-hydrogen) atoms. The molecule has 2 aromatic heterocycles. The van der Waals surface area contributed by atoms with E-state index in [1.165, 1.54) is 46.6 Å². The van der Waals surface area contributed by atoms with Crippen molar-refractivity contribution >= 4 is 17.3 Å². The first-order chi connectivity index (χ1) is 17.2. The zero-order valence-electron chi connectivity index (χ0n) is 18.8. The molecule has 186 valence electrons. The molecule has 3 heterocycles. The Balaban J connectivity index is 1.46. The minimum atomic E-state index is -4.58. The summed E-state index contributed by atoms with van der Waals surface area (Å²) in [5, 5.41) is 4.21. The van der Waals surface area contributed by atoms with Gasteiger partial charge in [-0.15, -0.1) is 0 Å². The average Bonchev–Trinajstić information content (AvgIpc) is 3.50. The quantitative estimate of drug-likeness (QED) is 0.343. The highest BCUT2D eigenvalue weighted by Crippen LogP contribution is 2.37. The molecule has 5 rings (SSSR count). The number of hydrogen-bond donors (Lipinski definition) is 1. The van der Waals surface area contributed by atoms with Crippen LogP contribution in [-0.2, 0) is 11.0 Å². The monoisotopic (exact) mass is 502 g/mol. The number of anilines is 3. The summed E-state index contributed by atoms with van der Waals surface area (Å²) in [5.74, 6) is -1.54. The van der Waals surface area contributed by atoms with Crippen LogP contribution in [0.15, 0.2) is 61.3 Å². The number of aryl methyl sites for hydroxylation is 1. The molecule has 1 saturated heterocycles. The van der Waals surface area contributed by atoms with Gasteiger partial charge in [0, 0.05) is 35.6 Å². The van der Waals surface area contributed by atoms with Gasteiger partial charge < -0.3 is 9.88 Å². The standard InChI is InChI=1S/C24H19F5N6O/c1-14-11-34(13-32-14)17-8-15(24(27,28)29)7-16(9-17)33-21-10-22(31-12-30-21)35-20(5-6-36-35)18-3-2-4-19(25)23(18)26/h2-4,7-13,20H,5-6H2,1H3,(H,30,31,33)/t20-/m1/s1. The summed E-state index contributed by atoms with van der Waals surface area (Å²) in [5.41, 5.74) is 0.293. The van der Waals surface area contributed by atoms with Crippen molar-refractivity contribution in [1.29, 1.82) is 0 Å². The predicted octanol–water partition coefficient (Wildman–Crippen LogP) is 5.89. The number of hydrogen-bond acceptors (Lipinski definition) is 6. The van der Waals surface area contributed by atoms with Gasteiger partial charge in [0.15, 0.2) is 17.5 Å². The second-order valence-electron chi connectivity index (χ2n) is 8.18. The molecule has 12 heteroatoms. The molecule has 0 saturated carbocycles. The smallest absolute Gasteiger partial charge is 0.340 e. The Morgan fingerprint density at radius 2 is 1.89 bits per heavy atom. The molecule has 2 aromatic carbocycles. The Kier molecular flexibility index (Phi) is 6.04. The van der Waals surface area contributed by atoms with Gasteiger partial charge in [0.25, 0.3) is 0 Å². The highest BCUT2D eigenvalue weighted by atomic mass is 19.4. The molecule has 0 radical (unpaired) electrons. The summed E-state index contributed by atoms with van der Waals surface area (Å²) in [7, 11) is 0. The third kappa shape index (κ3) is 4.71. The summed E-state index contributed by atoms with van der Waals surface area (Å²) in [6, 6.07) is 8.22. The van der Waals surface area contributed by atoms with E-state index in [0.717, 1.165) is 18.2 Å². The first-order valence-corrected chi connectivity index (χ1v) is 10.9. The normalized spacial score (nSPS) is 15.9. The third-order valence-corrected chi connectivity index (χ3v) is 5.65. The Labute approximate surface area is 202 Å². The number of nitrogens with one attached hydrogen (secondary N) is 1. The number of hydroxylamine groups is 1. The lowest BCUT2D eigenvalue weighted by Crippen LogP contribution is -2.23. The minimum Gasteiger partial charge on any atom is -0.340 e. The van der Waals surface area contributed by atoms with Crippen LogP contribution >= 0.6 is 0 Å². The van der Waals surface area contributed by atoms with Crippen LogP contribution < -0.4 is 10.4 Å². The Morgan fingerprint density at radius 3 is 2.64 bits per heavy atom. The summed E-state index contributed by atoms with van der Waals surface area (Å²) in [6.07, 6.45) is 0.0390. The minimum absolute atomic E-state index is 0.110. The summed E-state index contributed by atoms with van der Waals surface area (Å²) >= 11 is 0. The van der Waals surface area contributed by atoms with Gasteiger partial charge in [-0.05, 0) is 31.2 Å². The van der Waals surface area contributed by atoms with Crippen molar-refractivity contribution in [2.45, 2.75) is 25.6 Å². The zero-order chi connectivity index (χ0) is 25.4. The fraction of sp³-hybridized carbons (Fsp3) is 0.208. The lowest BCUT2D eigenvalue weighted by Gasteiger charge is -2.24. The number of halogens is 5. The maximum absolute atomic E-state index is 14.4. The number of aromatic nitrogens is 4. The van der Waals surface area contributed by atoms with Crippen LogP contribution in [0, 0.1) is 18.6 Å². The molecule has 1 atom stereocenters. The molecule has 7 nitrogen and oxygen atoms in total. The van der Waals surface area contributed by atoms with E-state index in [0.29, 0.717) is 12.1 Å². The molecular weight excluding hydrogens is 483 g/mol. The van der Waals surface area contributed by atoms with E-state index in [2.05, 4.69) is 20.3 Å². The molecule has 1 aliphatic rings. The van der Waals surface area contributed by atoms with E-state index >= 15 is 0 Å². The van der Waals surface area contributed by atoms with Crippen LogP contribution in [0.1, 0.15) is 29.3 Å². The second-order valence-corrected chi connectivity index (χ2v) is 8.18.